The van der Waals surface area contributed by atoms with Crippen LogP contribution in [0, 0.1) is 24.2 Å². The van der Waals surface area contributed by atoms with E-state index >= 15 is 0 Å². The van der Waals surface area contributed by atoms with Gasteiger partial charge < -0.3 is 15.5 Å². The van der Waals surface area contributed by atoms with Gasteiger partial charge in [-0.25, -0.2) is 9.78 Å². The highest BCUT2D eigenvalue weighted by Crippen LogP contribution is 2.23. The zero-order valence-corrected chi connectivity index (χ0v) is 14.9. The van der Waals surface area contributed by atoms with Crippen molar-refractivity contribution in [3.63, 3.8) is 0 Å². The van der Waals surface area contributed by atoms with Gasteiger partial charge in [0, 0.05) is 31.5 Å². The van der Waals surface area contributed by atoms with Crippen molar-refractivity contribution in [1.29, 1.82) is 5.26 Å². The summed E-state index contributed by atoms with van der Waals surface area (Å²) in [6.07, 6.45) is 3.65. The molecular formula is C20H23N5O. The van der Waals surface area contributed by atoms with Gasteiger partial charge in [-0.05, 0) is 49.9 Å². The van der Waals surface area contributed by atoms with Crippen LogP contribution in [-0.2, 0) is 0 Å². The summed E-state index contributed by atoms with van der Waals surface area (Å²) in [4.78, 5) is 18.5. The normalized spacial score (nSPS) is 14.5. The number of aromatic nitrogens is 1. The second-order valence-electron chi connectivity index (χ2n) is 6.62. The smallest absolute Gasteiger partial charge is 0.319 e. The number of carbonyl (C=O) groups excluding carboxylic acids is 1. The molecule has 0 saturated carbocycles. The van der Waals surface area contributed by atoms with Crippen LogP contribution in [-0.4, -0.2) is 30.6 Å². The van der Waals surface area contributed by atoms with Gasteiger partial charge in [-0.1, -0.05) is 17.7 Å². The van der Waals surface area contributed by atoms with Crippen molar-refractivity contribution in [1.82, 2.24) is 10.3 Å². The molecule has 0 unspecified atom stereocenters. The number of benzene rings is 1. The minimum atomic E-state index is -0.173. The Balaban J connectivity index is 1.45. The lowest BCUT2D eigenvalue weighted by Gasteiger charge is -2.33. The first-order chi connectivity index (χ1) is 12.7. The number of rotatable bonds is 4. The number of carbonyl (C=O) groups is 1. The van der Waals surface area contributed by atoms with Gasteiger partial charge >= 0.3 is 6.03 Å². The predicted molar refractivity (Wildman–Crippen MR) is 102 cm³/mol. The Bertz CT molecular complexity index is 789. The summed E-state index contributed by atoms with van der Waals surface area (Å²) in [5.74, 6) is 1.20. The Kier molecular flexibility index (Phi) is 5.69. The van der Waals surface area contributed by atoms with E-state index in [2.05, 4.69) is 26.6 Å². The molecular weight excluding hydrogens is 326 g/mol. The van der Waals surface area contributed by atoms with Crippen molar-refractivity contribution in [3.8, 4) is 6.07 Å². The number of hydrogen-bond acceptors (Lipinski definition) is 4. The highest BCUT2D eigenvalue weighted by molar-refractivity contribution is 5.89. The lowest BCUT2D eigenvalue weighted by atomic mass is 9.96. The summed E-state index contributed by atoms with van der Waals surface area (Å²) >= 11 is 0. The zero-order chi connectivity index (χ0) is 18.4. The van der Waals surface area contributed by atoms with Crippen LogP contribution in [0.2, 0.25) is 0 Å². The number of aryl methyl sites for hydroxylation is 1. The molecule has 0 spiro atoms. The van der Waals surface area contributed by atoms with E-state index in [-0.39, 0.29) is 6.03 Å². The fraction of sp³-hybridized carbons (Fsp3) is 0.350. The van der Waals surface area contributed by atoms with Crippen LogP contribution in [0.15, 0.2) is 42.6 Å². The van der Waals surface area contributed by atoms with E-state index in [0.717, 1.165) is 43.0 Å². The second-order valence-corrected chi connectivity index (χ2v) is 6.62. The van der Waals surface area contributed by atoms with Gasteiger partial charge in [-0.3, -0.25) is 0 Å². The number of nitrogens with one attached hydrogen (secondary N) is 2. The quantitative estimate of drug-likeness (QED) is 0.887. The van der Waals surface area contributed by atoms with Crippen molar-refractivity contribution in [3.05, 3.63) is 53.7 Å². The topological polar surface area (TPSA) is 81.1 Å². The number of pyridine rings is 1. The molecule has 0 atom stereocenters. The van der Waals surface area contributed by atoms with E-state index in [0.29, 0.717) is 18.0 Å². The van der Waals surface area contributed by atoms with Crippen LogP contribution in [0.3, 0.4) is 0 Å². The molecule has 1 aliphatic rings. The van der Waals surface area contributed by atoms with Gasteiger partial charge in [-0.15, -0.1) is 0 Å². The number of piperidine rings is 1. The van der Waals surface area contributed by atoms with Crippen LogP contribution >= 0.6 is 0 Å². The van der Waals surface area contributed by atoms with Gasteiger partial charge in [0.1, 0.15) is 11.9 Å². The molecule has 0 bridgehead atoms. The second kappa shape index (κ2) is 8.34. The first-order valence-electron chi connectivity index (χ1n) is 8.87. The molecule has 1 fully saturated rings. The molecule has 2 N–H and O–H groups in total. The van der Waals surface area contributed by atoms with E-state index in [4.69, 9.17) is 0 Å². The molecule has 3 rings (SSSR count). The number of urea groups is 1. The van der Waals surface area contributed by atoms with E-state index in [1.165, 1.54) is 0 Å². The van der Waals surface area contributed by atoms with E-state index < -0.39 is 0 Å². The van der Waals surface area contributed by atoms with Crippen molar-refractivity contribution in [2.24, 2.45) is 5.92 Å². The Morgan fingerprint density at radius 1 is 1.27 bits per heavy atom. The lowest BCUT2D eigenvalue weighted by molar-refractivity contribution is 0.248. The van der Waals surface area contributed by atoms with Crippen molar-refractivity contribution >= 4 is 17.5 Å². The molecule has 1 aromatic carbocycles. The molecule has 26 heavy (non-hydrogen) atoms. The molecule has 0 radical (unpaired) electrons. The number of nitriles is 1. The summed E-state index contributed by atoms with van der Waals surface area (Å²) in [6, 6.07) is 13.3. The van der Waals surface area contributed by atoms with Crippen LogP contribution in [0.4, 0.5) is 16.3 Å². The number of nitrogens with zero attached hydrogens (tertiary/aromatic N) is 3. The highest BCUT2D eigenvalue weighted by Gasteiger charge is 2.22. The monoisotopic (exact) mass is 349 g/mol. The van der Waals surface area contributed by atoms with Gasteiger partial charge in [0.15, 0.2) is 0 Å². The average molecular weight is 349 g/mol. The fourth-order valence-corrected chi connectivity index (χ4v) is 3.13. The van der Waals surface area contributed by atoms with Crippen molar-refractivity contribution in [2.75, 3.05) is 29.9 Å². The van der Waals surface area contributed by atoms with E-state index in [1.807, 2.05) is 31.2 Å². The Morgan fingerprint density at radius 2 is 2.00 bits per heavy atom. The van der Waals surface area contributed by atoms with Crippen LogP contribution in [0.25, 0.3) is 0 Å². The zero-order valence-electron chi connectivity index (χ0n) is 14.9. The third-order valence-electron chi connectivity index (χ3n) is 4.68. The molecule has 0 aliphatic carbocycles. The molecule has 1 aliphatic heterocycles. The SMILES string of the molecule is Cc1ccc(NC(=O)NCC2CCN(c3ncccc3C#N)CC2)cc1. The standard InChI is InChI=1S/C20H23N5O/c1-15-4-6-18(7-5-15)24-20(26)23-14-16-8-11-25(12-9-16)19-17(13-21)3-2-10-22-19/h2-7,10,16H,8-9,11-12,14H2,1H3,(H2,23,24,26). The first-order valence-corrected chi connectivity index (χ1v) is 8.87. The van der Waals surface area contributed by atoms with Gasteiger partial charge in [0.05, 0.1) is 5.56 Å². The molecule has 2 amide bonds. The Labute approximate surface area is 153 Å². The third kappa shape index (κ3) is 4.51. The lowest BCUT2D eigenvalue weighted by Crippen LogP contribution is -2.40. The first kappa shape index (κ1) is 17.7. The van der Waals surface area contributed by atoms with E-state index in [9.17, 15) is 10.1 Å². The summed E-state index contributed by atoms with van der Waals surface area (Å²) in [6.45, 7) is 4.36. The van der Waals surface area contributed by atoms with Crippen molar-refractivity contribution < 1.29 is 4.79 Å². The largest absolute Gasteiger partial charge is 0.356 e. The molecule has 6 nitrogen and oxygen atoms in total. The minimum absolute atomic E-state index is 0.173. The highest BCUT2D eigenvalue weighted by atomic mass is 16.2. The average Bonchev–Trinajstić information content (AvgIpc) is 2.68. The van der Waals surface area contributed by atoms with Crippen LogP contribution in [0.1, 0.15) is 24.0 Å². The summed E-state index contributed by atoms with van der Waals surface area (Å²) in [5.41, 5.74) is 2.57. The van der Waals surface area contributed by atoms with Gasteiger partial charge in [0.25, 0.3) is 0 Å². The maximum atomic E-state index is 12.0. The fourth-order valence-electron chi connectivity index (χ4n) is 3.13. The maximum Gasteiger partial charge on any atom is 0.319 e. The minimum Gasteiger partial charge on any atom is -0.356 e. The molecule has 2 heterocycles. The van der Waals surface area contributed by atoms with Crippen LogP contribution < -0.4 is 15.5 Å². The number of amides is 2. The maximum absolute atomic E-state index is 12.0. The molecule has 134 valence electrons. The van der Waals surface area contributed by atoms with Gasteiger partial charge in [0.2, 0.25) is 0 Å². The molecule has 6 heteroatoms. The third-order valence-corrected chi connectivity index (χ3v) is 4.68. The number of anilines is 2. The Hall–Kier alpha value is -3.07. The Morgan fingerprint density at radius 3 is 2.69 bits per heavy atom. The summed E-state index contributed by atoms with van der Waals surface area (Å²) < 4.78 is 0. The molecule has 1 aromatic heterocycles. The predicted octanol–water partition coefficient (Wildman–Crippen LogP) is 3.30. The van der Waals surface area contributed by atoms with Gasteiger partial charge in [-0.2, -0.15) is 5.26 Å². The summed E-state index contributed by atoms with van der Waals surface area (Å²) in [7, 11) is 0. The number of hydrogen-bond donors (Lipinski definition) is 2. The molecule has 1 saturated heterocycles. The van der Waals surface area contributed by atoms with Crippen molar-refractivity contribution in [2.45, 2.75) is 19.8 Å². The summed E-state index contributed by atoms with van der Waals surface area (Å²) in [5, 5.41) is 15.0. The van der Waals surface area contributed by atoms with E-state index in [1.54, 1.807) is 18.3 Å². The molecule has 2 aromatic rings. The van der Waals surface area contributed by atoms with Crippen LogP contribution in [0.5, 0.6) is 0 Å².